The Morgan fingerprint density at radius 3 is 2.32 bits per heavy atom. The zero-order chi connectivity index (χ0) is 21.8. The van der Waals surface area contributed by atoms with Crippen molar-refractivity contribution in [1.29, 1.82) is 0 Å². The summed E-state index contributed by atoms with van der Waals surface area (Å²) in [4.78, 5) is 25.8. The van der Waals surface area contributed by atoms with Crippen LogP contribution in [-0.4, -0.2) is 35.9 Å². The molecule has 0 radical (unpaired) electrons. The van der Waals surface area contributed by atoms with E-state index in [0.717, 1.165) is 22.4 Å². The fraction of sp³-hybridized carbons (Fsp3) is 0.160. The van der Waals surface area contributed by atoms with Crippen LogP contribution in [0.3, 0.4) is 0 Å². The quantitative estimate of drug-likeness (QED) is 0.631. The summed E-state index contributed by atoms with van der Waals surface area (Å²) in [5.74, 6) is 0.161. The van der Waals surface area contributed by atoms with Crippen molar-refractivity contribution in [2.45, 2.75) is 19.0 Å². The maximum Gasteiger partial charge on any atom is 0.304 e. The van der Waals surface area contributed by atoms with Gasteiger partial charge in [-0.15, -0.1) is 10.1 Å². The highest BCUT2D eigenvalue weighted by Crippen LogP contribution is 2.27. The molecule has 6 nitrogen and oxygen atoms in total. The number of carbonyl (C=O) groups excluding carboxylic acids is 2. The minimum Gasteiger partial charge on any atom is -0.497 e. The number of carbonyl (C=O) groups is 2. The Hall–Kier alpha value is -3.93. The molecule has 4 rings (SSSR count). The van der Waals surface area contributed by atoms with Crippen LogP contribution in [-0.2, 0) is 4.79 Å². The van der Waals surface area contributed by atoms with E-state index in [0.29, 0.717) is 5.56 Å². The second kappa shape index (κ2) is 8.83. The summed E-state index contributed by atoms with van der Waals surface area (Å²) in [6, 6.07) is 23.3. The summed E-state index contributed by atoms with van der Waals surface area (Å²) in [6.45, 7) is 1.96. The lowest BCUT2D eigenvalue weighted by atomic mass is 9.99. The lowest BCUT2D eigenvalue weighted by Crippen LogP contribution is -2.42. The van der Waals surface area contributed by atoms with Gasteiger partial charge < -0.3 is 10.1 Å². The topological polar surface area (TPSA) is 70.4 Å². The highest BCUT2D eigenvalue weighted by molar-refractivity contribution is 5.98. The van der Waals surface area contributed by atoms with Crippen LogP contribution in [0.5, 0.6) is 5.75 Å². The number of nitrogens with zero attached hydrogens (tertiary/aromatic N) is 1. The Morgan fingerprint density at radius 2 is 1.68 bits per heavy atom. The summed E-state index contributed by atoms with van der Waals surface area (Å²) >= 11 is 0. The second-order valence-electron chi connectivity index (χ2n) is 7.46. The number of amides is 2. The average molecular weight is 414 g/mol. The molecule has 156 valence electrons. The van der Waals surface area contributed by atoms with Gasteiger partial charge in [0.15, 0.2) is 6.04 Å². The molecule has 1 aliphatic rings. The Labute approximate surface area is 181 Å². The van der Waals surface area contributed by atoms with E-state index < -0.39 is 12.1 Å². The Kier molecular flexibility index (Phi) is 5.80. The summed E-state index contributed by atoms with van der Waals surface area (Å²) in [6.07, 6.45) is 1.87. The predicted octanol–water partition coefficient (Wildman–Crippen LogP) is 3.02. The number of methoxy groups -OCH3 is 1. The second-order valence-corrected chi connectivity index (χ2v) is 7.46. The van der Waals surface area contributed by atoms with Crippen LogP contribution in [0.2, 0.25) is 0 Å². The van der Waals surface area contributed by atoms with Crippen molar-refractivity contribution in [1.82, 2.24) is 10.7 Å². The van der Waals surface area contributed by atoms with Gasteiger partial charge in [0.05, 0.1) is 7.11 Å². The lowest BCUT2D eigenvalue weighted by molar-refractivity contribution is -0.596. The predicted molar refractivity (Wildman–Crippen MR) is 118 cm³/mol. The monoisotopic (exact) mass is 414 g/mol. The Bertz CT molecular complexity index is 1110. The van der Waals surface area contributed by atoms with Crippen LogP contribution in [0.4, 0.5) is 0 Å². The van der Waals surface area contributed by atoms with Gasteiger partial charge in [-0.25, -0.2) is 0 Å². The molecule has 0 aliphatic carbocycles. The van der Waals surface area contributed by atoms with Gasteiger partial charge in [-0.2, -0.15) is 0 Å². The molecule has 0 bridgehead atoms. The summed E-state index contributed by atoms with van der Waals surface area (Å²) in [5.41, 5.74) is 6.28. The van der Waals surface area contributed by atoms with Crippen LogP contribution in [0.15, 0.2) is 78.9 Å². The molecule has 1 heterocycles. The van der Waals surface area contributed by atoms with Gasteiger partial charge in [0.2, 0.25) is 12.3 Å². The van der Waals surface area contributed by atoms with E-state index in [1.165, 1.54) is 0 Å². The third kappa shape index (κ3) is 4.48. The number of hydrazone groups is 1. The normalized spacial score (nSPS) is 19.2. The van der Waals surface area contributed by atoms with Crippen molar-refractivity contribution in [3.63, 3.8) is 0 Å². The van der Waals surface area contributed by atoms with E-state index >= 15 is 0 Å². The maximum absolute atomic E-state index is 12.9. The van der Waals surface area contributed by atoms with Gasteiger partial charge in [0.1, 0.15) is 5.75 Å². The molecule has 1 aliphatic heterocycles. The molecule has 2 amide bonds. The smallest absolute Gasteiger partial charge is 0.304 e. The van der Waals surface area contributed by atoms with Gasteiger partial charge >= 0.3 is 5.91 Å². The van der Waals surface area contributed by atoms with Crippen LogP contribution in [0.25, 0.3) is 0 Å². The van der Waals surface area contributed by atoms with Gasteiger partial charge in [0.25, 0.3) is 5.91 Å². The number of hydrogen-bond donors (Lipinski definition) is 2. The number of aryl methyl sites for hydroxylation is 1. The fourth-order valence-electron chi connectivity index (χ4n) is 3.61. The molecular formula is C25H24N3O3+. The van der Waals surface area contributed by atoms with E-state index in [1.54, 1.807) is 23.9 Å². The van der Waals surface area contributed by atoms with E-state index in [-0.39, 0.29) is 11.8 Å². The number of benzene rings is 3. The van der Waals surface area contributed by atoms with Crippen LogP contribution >= 0.6 is 0 Å². The zero-order valence-electron chi connectivity index (χ0n) is 17.4. The third-order valence-electron chi connectivity index (χ3n) is 5.28. The molecule has 6 heteroatoms. The third-order valence-corrected chi connectivity index (χ3v) is 5.28. The molecule has 0 unspecified atom stereocenters. The van der Waals surface area contributed by atoms with E-state index in [1.807, 2.05) is 79.9 Å². The van der Waals surface area contributed by atoms with E-state index in [2.05, 4.69) is 10.7 Å². The molecular weight excluding hydrogens is 390 g/mol. The standard InChI is InChI=1S/C25H23N3O3/c1-17-8-10-20(11-9-17)24(29)26-22-23(19-12-14-21(31-2)15-13-19)28(27-25(22)30)16-18-6-4-3-5-7-18/h3-16,22-23H,1-2H3,(H-,26,27,29,30)/p+1/b28-16-/t22-,23-/m1/s1. The largest absolute Gasteiger partial charge is 0.497 e. The maximum atomic E-state index is 12.9. The van der Waals surface area contributed by atoms with Crippen molar-refractivity contribution in [2.24, 2.45) is 0 Å². The van der Waals surface area contributed by atoms with Crippen molar-refractivity contribution in [3.05, 3.63) is 101 Å². The van der Waals surface area contributed by atoms with Crippen LogP contribution in [0.1, 0.15) is 33.1 Å². The van der Waals surface area contributed by atoms with E-state index in [4.69, 9.17) is 4.74 Å². The first-order chi connectivity index (χ1) is 15.0. The van der Waals surface area contributed by atoms with E-state index in [9.17, 15) is 9.59 Å². The summed E-state index contributed by atoms with van der Waals surface area (Å²) in [5, 5.41) is 2.91. The molecule has 1 fully saturated rings. The van der Waals surface area contributed by atoms with Crippen molar-refractivity contribution >= 4 is 18.0 Å². The minimum absolute atomic E-state index is 0.270. The highest BCUT2D eigenvalue weighted by atomic mass is 16.5. The van der Waals surface area contributed by atoms with Crippen LogP contribution < -0.4 is 15.5 Å². The first-order valence-corrected chi connectivity index (χ1v) is 10.1. The molecule has 0 aromatic heterocycles. The summed E-state index contributed by atoms with van der Waals surface area (Å²) in [7, 11) is 1.61. The first-order valence-electron chi connectivity index (χ1n) is 10.1. The van der Waals surface area contributed by atoms with Crippen molar-refractivity contribution in [3.8, 4) is 5.75 Å². The molecule has 0 spiro atoms. The molecule has 0 saturated carbocycles. The molecule has 2 atom stereocenters. The van der Waals surface area contributed by atoms with Crippen LogP contribution in [0, 0.1) is 6.92 Å². The molecule has 3 aromatic rings. The molecule has 1 saturated heterocycles. The molecule has 2 N–H and O–H groups in total. The van der Waals surface area contributed by atoms with Gasteiger partial charge in [-0.1, -0.05) is 35.9 Å². The van der Waals surface area contributed by atoms with Gasteiger partial charge in [0, 0.05) is 16.7 Å². The number of hydrogen-bond acceptors (Lipinski definition) is 3. The highest BCUT2D eigenvalue weighted by Gasteiger charge is 2.47. The summed E-state index contributed by atoms with van der Waals surface area (Å²) < 4.78 is 7.01. The lowest BCUT2D eigenvalue weighted by Gasteiger charge is -2.15. The van der Waals surface area contributed by atoms with Crippen molar-refractivity contribution < 1.29 is 19.0 Å². The Balaban J connectivity index is 1.69. The Morgan fingerprint density at radius 1 is 1.00 bits per heavy atom. The average Bonchev–Trinajstić information content (AvgIpc) is 3.09. The molecule has 3 aromatic carbocycles. The number of rotatable bonds is 5. The SMILES string of the molecule is COc1ccc([C@@H]2[C@@H](NC(=O)c3ccc(C)cc3)C(=O)N/[N+]2=C\c2ccccc2)cc1. The van der Waals surface area contributed by atoms with Gasteiger partial charge in [-0.3, -0.25) is 9.59 Å². The number of nitrogens with one attached hydrogen (secondary N) is 2. The number of ether oxygens (including phenoxy) is 1. The van der Waals surface area contributed by atoms with Crippen molar-refractivity contribution in [2.75, 3.05) is 7.11 Å². The minimum atomic E-state index is -0.762. The number of hydrazine groups is 1. The zero-order valence-corrected chi connectivity index (χ0v) is 17.4. The van der Waals surface area contributed by atoms with Gasteiger partial charge in [-0.05, 0) is 55.5 Å². The fourth-order valence-corrected chi connectivity index (χ4v) is 3.61. The molecule has 31 heavy (non-hydrogen) atoms. The first kappa shape index (κ1) is 20.3.